The molecule has 3 rings (SSSR count). The van der Waals surface area contributed by atoms with Gasteiger partial charge in [0.15, 0.2) is 5.82 Å². The molecule has 1 aliphatic heterocycles. The zero-order valence-corrected chi connectivity index (χ0v) is 14.6. The van der Waals surface area contributed by atoms with Gasteiger partial charge in [0.05, 0.1) is 13.2 Å². The lowest BCUT2D eigenvalue weighted by atomic mass is 10.1. The minimum Gasteiger partial charge on any atom is -0.508 e. The number of hydrogen-bond acceptors (Lipinski definition) is 8. The predicted molar refractivity (Wildman–Crippen MR) is 95.3 cm³/mol. The summed E-state index contributed by atoms with van der Waals surface area (Å²) < 4.78 is 5.35. The van der Waals surface area contributed by atoms with E-state index in [1.807, 2.05) is 4.90 Å². The molecule has 138 valence electrons. The number of benzene rings is 1. The second-order valence-corrected chi connectivity index (χ2v) is 6.49. The molecule has 2 heterocycles. The van der Waals surface area contributed by atoms with Crippen LogP contribution in [0.15, 0.2) is 24.3 Å². The Morgan fingerprint density at radius 2 is 1.96 bits per heavy atom. The minimum atomic E-state index is -1.25. The van der Waals surface area contributed by atoms with Crippen molar-refractivity contribution in [2.75, 3.05) is 36.5 Å². The number of morpholine rings is 1. The summed E-state index contributed by atoms with van der Waals surface area (Å²) in [5, 5.41) is 21.9. The van der Waals surface area contributed by atoms with E-state index in [0.29, 0.717) is 43.6 Å². The Balaban J connectivity index is 2.02. The van der Waals surface area contributed by atoms with Gasteiger partial charge in [-0.25, -0.2) is 4.79 Å². The van der Waals surface area contributed by atoms with Crippen LogP contribution in [0, 0.1) is 0 Å². The third kappa shape index (κ3) is 3.99. The van der Waals surface area contributed by atoms with E-state index in [9.17, 15) is 15.0 Å². The van der Waals surface area contributed by atoms with E-state index in [-0.39, 0.29) is 11.7 Å². The van der Waals surface area contributed by atoms with Crippen LogP contribution >= 0.6 is 0 Å². The van der Waals surface area contributed by atoms with Crippen LogP contribution in [0.5, 0.6) is 5.75 Å². The average molecular weight is 359 g/mol. The molecule has 0 amide bonds. The van der Waals surface area contributed by atoms with Gasteiger partial charge in [-0.2, -0.15) is 15.0 Å². The number of phenols is 1. The van der Waals surface area contributed by atoms with E-state index in [2.05, 4.69) is 20.3 Å². The van der Waals surface area contributed by atoms with Gasteiger partial charge in [0.1, 0.15) is 11.3 Å². The number of aromatic nitrogens is 3. The summed E-state index contributed by atoms with van der Waals surface area (Å²) in [4.78, 5) is 26.6. The molecule has 0 bridgehead atoms. The first-order valence-corrected chi connectivity index (χ1v) is 8.25. The van der Waals surface area contributed by atoms with E-state index >= 15 is 0 Å². The standard InChI is InChI=1S/C17H21N5O4/c1-17(2,14(24)25)21-15-18-13(11-4-3-5-12(23)10-11)19-16(20-15)22-6-8-26-9-7-22/h3-5,10,23H,6-9H2,1-2H3,(H,24,25)(H,18,19,20,21). The van der Waals surface area contributed by atoms with Crippen LogP contribution in [0.1, 0.15) is 13.8 Å². The van der Waals surface area contributed by atoms with Gasteiger partial charge >= 0.3 is 5.97 Å². The Labute approximate surface area is 150 Å². The number of hydrogen-bond donors (Lipinski definition) is 3. The molecule has 1 saturated heterocycles. The van der Waals surface area contributed by atoms with Gasteiger partial charge in [-0.3, -0.25) is 0 Å². The number of carbonyl (C=O) groups is 1. The van der Waals surface area contributed by atoms with Gasteiger partial charge in [-0.05, 0) is 26.0 Å². The van der Waals surface area contributed by atoms with E-state index in [1.165, 1.54) is 13.8 Å². The molecule has 2 aromatic rings. The Morgan fingerprint density at radius 1 is 1.23 bits per heavy atom. The number of aromatic hydroxyl groups is 1. The maximum absolute atomic E-state index is 11.4. The normalized spacial score (nSPS) is 14.9. The van der Waals surface area contributed by atoms with Crippen LogP contribution in [0.25, 0.3) is 11.4 Å². The minimum absolute atomic E-state index is 0.0937. The summed E-state index contributed by atoms with van der Waals surface area (Å²) in [6.45, 7) is 5.45. The van der Waals surface area contributed by atoms with E-state index in [0.717, 1.165) is 0 Å². The summed E-state index contributed by atoms with van der Waals surface area (Å²) in [6.07, 6.45) is 0. The second kappa shape index (κ2) is 7.12. The van der Waals surface area contributed by atoms with Crippen molar-refractivity contribution in [3.05, 3.63) is 24.3 Å². The fourth-order valence-electron chi connectivity index (χ4n) is 2.43. The van der Waals surface area contributed by atoms with Crippen molar-refractivity contribution < 1.29 is 19.7 Å². The van der Waals surface area contributed by atoms with Gasteiger partial charge in [-0.1, -0.05) is 12.1 Å². The first kappa shape index (κ1) is 17.9. The highest BCUT2D eigenvalue weighted by molar-refractivity contribution is 5.81. The van der Waals surface area contributed by atoms with Crippen molar-refractivity contribution in [2.45, 2.75) is 19.4 Å². The van der Waals surface area contributed by atoms with E-state index < -0.39 is 11.5 Å². The van der Waals surface area contributed by atoms with Crippen molar-refractivity contribution >= 4 is 17.9 Å². The number of carboxylic acids is 1. The van der Waals surface area contributed by atoms with Crippen LogP contribution in [0.2, 0.25) is 0 Å². The Kier molecular flexibility index (Phi) is 4.90. The predicted octanol–water partition coefficient (Wildman–Crippen LogP) is 1.36. The molecule has 0 saturated carbocycles. The number of anilines is 2. The van der Waals surface area contributed by atoms with Crippen molar-refractivity contribution in [3.63, 3.8) is 0 Å². The highest BCUT2D eigenvalue weighted by atomic mass is 16.5. The molecular formula is C17H21N5O4. The quantitative estimate of drug-likeness (QED) is 0.726. The summed E-state index contributed by atoms with van der Waals surface area (Å²) in [5.41, 5.74) is -0.641. The monoisotopic (exact) mass is 359 g/mol. The molecule has 9 heteroatoms. The third-order valence-electron chi connectivity index (χ3n) is 3.98. The molecule has 0 spiro atoms. The topological polar surface area (TPSA) is 121 Å². The maximum Gasteiger partial charge on any atom is 0.328 e. The molecule has 1 aliphatic rings. The summed E-state index contributed by atoms with van der Waals surface area (Å²) in [5.74, 6) is 0.0135. The largest absolute Gasteiger partial charge is 0.508 e. The zero-order chi connectivity index (χ0) is 18.7. The maximum atomic E-state index is 11.4. The molecule has 26 heavy (non-hydrogen) atoms. The lowest BCUT2D eigenvalue weighted by molar-refractivity contribution is -0.141. The fraction of sp³-hybridized carbons (Fsp3) is 0.412. The van der Waals surface area contributed by atoms with Crippen molar-refractivity contribution in [1.29, 1.82) is 0 Å². The number of nitrogens with one attached hydrogen (secondary N) is 1. The number of phenolic OH excluding ortho intramolecular Hbond substituents is 1. The number of carboxylic acid groups (broad SMARTS) is 1. The van der Waals surface area contributed by atoms with Crippen LogP contribution in [0.3, 0.4) is 0 Å². The van der Waals surface area contributed by atoms with Crippen LogP contribution in [-0.4, -0.2) is 63.0 Å². The number of ether oxygens (including phenoxy) is 1. The smallest absolute Gasteiger partial charge is 0.328 e. The van der Waals surface area contributed by atoms with Crippen molar-refractivity contribution in [3.8, 4) is 17.1 Å². The second-order valence-electron chi connectivity index (χ2n) is 6.49. The fourth-order valence-corrected chi connectivity index (χ4v) is 2.43. The first-order valence-electron chi connectivity index (χ1n) is 8.25. The van der Waals surface area contributed by atoms with Crippen LogP contribution < -0.4 is 10.2 Å². The molecule has 0 aliphatic carbocycles. The van der Waals surface area contributed by atoms with E-state index in [1.54, 1.807) is 24.3 Å². The summed E-state index contributed by atoms with van der Waals surface area (Å²) in [7, 11) is 0. The lowest BCUT2D eigenvalue weighted by Crippen LogP contribution is -2.41. The van der Waals surface area contributed by atoms with Gasteiger partial charge in [0.2, 0.25) is 11.9 Å². The first-order chi connectivity index (χ1) is 12.3. The highest BCUT2D eigenvalue weighted by Crippen LogP contribution is 2.24. The molecule has 1 fully saturated rings. The zero-order valence-electron chi connectivity index (χ0n) is 14.6. The van der Waals surface area contributed by atoms with Crippen LogP contribution in [-0.2, 0) is 9.53 Å². The van der Waals surface area contributed by atoms with Crippen molar-refractivity contribution in [2.24, 2.45) is 0 Å². The van der Waals surface area contributed by atoms with Gasteiger partial charge < -0.3 is 25.2 Å². The van der Waals surface area contributed by atoms with Gasteiger partial charge in [-0.15, -0.1) is 0 Å². The molecule has 1 aromatic carbocycles. The van der Waals surface area contributed by atoms with E-state index in [4.69, 9.17) is 4.74 Å². The Hall–Kier alpha value is -2.94. The molecule has 9 nitrogen and oxygen atoms in total. The number of rotatable bonds is 5. The summed E-state index contributed by atoms with van der Waals surface area (Å²) >= 11 is 0. The van der Waals surface area contributed by atoms with Crippen LogP contribution in [0.4, 0.5) is 11.9 Å². The molecule has 3 N–H and O–H groups in total. The molecule has 1 aromatic heterocycles. The molecule has 0 radical (unpaired) electrons. The third-order valence-corrected chi connectivity index (χ3v) is 3.98. The Bertz CT molecular complexity index is 805. The SMILES string of the molecule is CC(C)(Nc1nc(-c2cccc(O)c2)nc(N2CCOCC2)n1)C(=O)O. The lowest BCUT2D eigenvalue weighted by Gasteiger charge is -2.28. The number of aliphatic carboxylic acids is 1. The van der Waals surface area contributed by atoms with Crippen molar-refractivity contribution in [1.82, 2.24) is 15.0 Å². The molecule has 0 atom stereocenters. The number of nitrogens with zero attached hydrogens (tertiary/aromatic N) is 4. The summed E-state index contributed by atoms with van der Waals surface area (Å²) in [6, 6.07) is 6.56. The molecular weight excluding hydrogens is 338 g/mol. The highest BCUT2D eigenvalue weighted by Gasteiger charge is 2.29. The van der Waals surface area contributed by atoms with Gasteiger partial charge in [0.25, 0.3) is 0 Å². The molecule has 0 unspecified atom stereocenters. The van der Waals surface area contributed by atoms with Gasteiger partial charge in [0, 0.05) is 18.7 Å². The Morgan fingerprint density at radius 3 is 2.62 bits per heavy atom. The average Bonchev–Trinajstić information content (AvgIpc) is 2.61.